The van der Waals surface area contributed by atoms with Crippen molar-refractivity contribution in [2.24, 2.45) is 0 Å². The Morgan fingerprint density at radius 3 is 2.12 bits per heavy atom. The Morgan fingerprint density at radius 2 is 1.56 bits per heavy atom. The van der Waals surface area contributed by atoms with E-state index in [1.54, 1.807) is 30.0 Å². The van der Waals surface area contributed by atoms with Crippen molar-refractivity contribution in [2.45, 2.75) is 24.1 Å². The Labute approximate surface area is 185 Å². The molecule has 0 radical (unpaired) electrons. The number of piperazine rings is 1. The van der Waals surface area contributed by atoms with Crippen LogP contribution in [-0.2, 0) is 19.4 Å². The molecule has 1 aliphatic heterocycles. The molecule has 10 heteroatoms. The third-order valence-electron chi connectivity index (χ3n) is 5.26. The highest BCUT2D eigenvalue weighted by molar-refractivity contribution is 7.92. The molecule has 1 fully saturated rings. The first-order chi connectivity index (χ1) is 15.1. The number of halogens is 1. The van der Waals surface area contributed by atoms with Gasteiger partial charge >= 0.3 is 0 Å². The summed E-state index contributed by atoms with van der Waals surface area (Å²) in [7, 11) is -4.38. The summed E-state index contributed by atoms with van der Waals surface area (Å²) in [5, 5.41) is 0.454. The first-order valence-corrected chi connectivity index (χ1v) is 11.6. The Balaban J connectivity index is 1.92. The lowest BCUT2D eigenvalue weighted by atomic mass is 10.1. The normalized spacial score (nSPS) is 15.2. The molecule has 8 nitrogen and oxygen atoms in total. The van der Waals surface area contributed by atoms with Crippen LogP contribution in [0.5, 0.6) is 0 Å². The quantitative estimate of drug-likeness (QED) is 0.677. The summed E-state index contributed by atoms with van der Waals surface area (Å²) in [5.74, 6) is -2.30. The van der Waals surface area contributed by atoms with Gasteiger partial charge in [-0.2, -0.15) is 0 Å². The van der Waals surface area contributed by atoms with E-state index in [4.69, 9.17) is 0 Å². The summed E-state index contributed by atoms with van der Waals surface area (Å²) in [4.78, 5) is 40.2. The second-order valence-electron chi connectivity index (χ2n) is 7.55. The molecule has 0 bridgehead atoms. The molecule has 32 heavy (non-hydrogen) atoms. The van der Waals surface area contributed by atoms with Crippen LogP contribution in [0.4, 0.5) is 4.39 Å². The third kappa shape index (κ3) is 5.13. The molecule has 3 amide bonds. The number of carbonyl (C=O) groups is 3. The zero-order chi connectivity index (χ0) is 23.5. The van der Waals surface area contributed by atoms with Crippen LogP contribution in [-0.4, -0.2) is 67.5 Å². The van der Waals surface area contributed by atoms with Crippen LogP contribution < -0.4 is 5.32 Å². The predicted molar refractivity (Wildman–Crippen MR) is 115 cm³/mol. The van der Waals surface area contributed by atoms with Crippen LogP contribution in [0.25, 0.3) is 0 Å². The fourth-order valence-corrected chi connectivity index (χ4v) is 4.89. The molecule has 1 atom stereocenters. The highest BCUT2D eigenvalue weighted by Crippen LogP contribution is 2.19. The Bertz CT molecular complexity index is 1130. The number of aryl methyl sites for hydroxylation is 1. The molecule has 1 N–H and O–H groups in total. The van der Waals surface area contributed by atoms with Crippen LogP contribution in [0.1, 0.15) is 22.8 Å². The van der Waals surface area contributed by atoms with Crippen molar-refractivity contribution in [1.82, 2.24) is 15.1 Å². The maximum Gasteiger partial charge on any atom is 0.261 e. The fourth-order valence-electron chi connectivity index (χ4n) is 3.43. The highest BCUT2D eigenvalue weighted by Gasteiger charge is 2.39. The van der Waals surface area contributed by atoms with Gasteiger partial charge in [0, 0.05) is 38.7 Å². The van der Waals surface area contributed by atoms with Crippen LogP contribution in [0, 0.1) is 12.7 Å². The van der Waals surface area contributed by atoms with Gasteiger partial charge in [0.15, 0.2) is 0 Å². The van der Waals surface area contributed by atoms with Crippen LogP contribution in [0.15, 0.2) is 53.4 Å². The van der Waals surface area contributed by atoms with Crippen molar-refractivity contribution >= 4 is 27.6 Å². The zero-order valence-electron chi connectivity index (χ0n) is 17.7. The van der Waals surface area contributed by atoms with Gasteiger partial charge in [0.1, 0.15) is 5.82 Å². The number of carbonyl (C=O) groups excluding carboxylic acids is 3. The SMILES string of the molecule is CC(=O)N1CCN(C(=O)[C@H](NC(=O)c2cccc(C)c2)S(=O)(=O)c2ccc(F)cc2)CC1. The standard InChI is InChI=1S/C22H24FN3O5S/c1-15-4-3-5-17(14-15)20(28)24-21(32(30,31)19-8-6-18(23)7-9-19)22(29)26-12-10-25(11-13-26)16(2)27/h3-9,14,21H,10-13H2,1-2H3,(H,24,28)/t21-/m1/s1. The highest BCUT2D eigenvalue weighted by atomic mass is 32.2. The molecular formula is C22H24FN3O5S. The molecule has 0 unspecified atom stereocenters. The van der Waals surface area contributed by atoms with E-state index in [0.717, 1.165) is 29.8 Å². The molecule has 2 aromatic rings. The third-order valence-corrected chi connectivity index (χ3v) is 7.13. The Morgan fingerprint density at radius 1 is 0.969 bits per heavy atom. The largest absolute Gasteiger partial charge is 0.339 e. The van der Waals surface area contributed by atoms with E-state index in [-0.39, 0.29) is 42.5 Å². The summed E-state index contributed by atoms with van der Waals surface area (Å²) in [5.41, 5.74) is 1.00. The molecule has 1 heterocycles. The van der Waals surface area contributed by atoms with E-state index in [0.29, 0.717) is 0 Å². The van der Waals surface area contributed by atoms with Gasteiger partial charge in [-0.25, -0.2) is 12.8 Å². The lowest BCUT2D eigenvalue weighted by molar-refractivity contribution is -0.138. The van der Waals surface area contributed by atoms with E-state index in [2.05, 4.69) is 5.32 Å². The van der Waals surface area contributed by atoms with E-state index in [9.17, 15) is 27.2 Å². The van der Waals surface area contributed by atoms with Crippen LogP contribution >= 0.6 is 0 Å². The van der Waals surface area contributed by atoms with Gasteiger partial charge in [-0.15, -0.1) is 0 Å². The van der Waals surface area contributed by atoms with Gasteiger partial charge < -0.3 is 15.1 Å². The Hall–Kier alpha value is -3.27. The number of nitrogens with zero attached hydrogens (tertiary/aromatic N) is 2. The zero-order valence-corrected chi connectivity index (χ0v) is 18.6. The molecule has 1 saturated heterocycles. The first kappa shape index (κ1) is 23.4. The average molecular weight is 462 g/mol. The number of hydrogen-bond acceptors (Lipinski definition) is 5. The average Bonchev–Trinajstić information content (AvgIpc) is 2.77. The minimum absolute atomic E-state index is 0.133. The van der Waals surface area contributed by atoms with Gasteiger partial charge in [0.05, 0.1) is 4.90 Å². The molecule has 3 rings (SSSR count). The lowest BCUT2D eigenvalue weighted by Gasteiger charge is -2.36. The summed E-state index contributed by atoms with van der Waals surface area (Å²) in [6.07, 6.45) is 0. The number of rotatable bonds is 5. The minimum Gasteiger partial charge on any atom is -0.339 e. The van der Waals surface area contributed by atoms with Crippen molar-refractivity contribution in [3.63, 3.8) is 0 Å². The summed E-state index contributed by atoms with van der Waals surface area (Å²) in [6, 6.07) is 10.6. The van der Waals surface area contributed by atoms with E-state index in [1.807, 2.05) is 0 Å². The minimum atomic E-state index is -4.38. The summed E-state index contributed by atoms with van der Waals surface area (Å²) >= 11 is 0. The topological polar surface area (TPSA) is 104 Å². The molecular weight excluding hydrogens is 437 g/mol. The van der Waals surface area contributed by atoms with Gasteiger partial charge in [-0.1, -0.05) is 17.7 Å². The number of amides is 3. The number of benzene rings is 2. The van der Waals surface area contributed by atoms with Crippen LogP contribution in [0.3, 0.4) is 0 Å². The predicted octanol–water partition coefficient (Wildman–Crippen LogP) is 1.35. The first-order valence-electron chi connectivity index (χ1n) is 10.0. The molecule has 0 aliphatic carbocycles. The van der Waals surface area contributed by atoms with Gasteiger partial charge in [0.25, 0.3) is 11.8 Å². The second-order valence-corrected chi connectivity index (χ2v) is 9.59. The van der Waals surface area contributed by atoms with Gasteiger partial charge in [0.2, 0.25) is 21.1 Å². The van der Waals surface area contributed by atoms with Crippen molar-refractivity contribution < 1.29 is 27.2 Å². The van der Waals surface area contributed by atoms with E-state index >= 15 is 0 Å². The molecule has 1 aliphatic rings. The van der Waals surface area contributed by atoms with Gasteiger partial charge in [-0.05, 0) is 43.3 Å². The fraction of sp³-hybridized carbons (Fsp3) is 0.318. The molecule has 0 saturated carbocycles. The van der Waals surface area contributed by atoms with Crippen molar-refractivity contribution in [3.8, 4) is 0 Å². The number of sulfone groups is 1. The Kier molecular flexibility index (Phi) is 6.93. The summed E-state index contributed by atoms with van der Waals surface area (Å²) < 4.78 is 39.9. The second kappa shape index (κ2) is 9.47. The van der Waals surface area contributed by atoms with E-state index in [1.165, 1.54) is 17.9 Å². The number of nitrogens with one attached hydrogen (secondary N) is 1. The molecule has 0 spiro atoms. The monoisotopic (exact) mass is 461 g/mol. The maximum absolute atomic E-state index is 13.3. The van der Waals surface area contributed by atoms with Crippen molar-refractivity contribution in [1.29, 1.82) is 0 Å². The van der Waals surface area contributed by atoms with Gasteiger partial charge in [-0.3, -0.25) is 14.4 Å². The summed E-state index contributed by atoms with van der Waals surface area (Å²) in [6.45, 7) is 3.99. The van der Waals surface area contributed by atoms with E-state index < -0.39 is 32.8 Å². The van der Waals surface area contributed by atoms with Crippen LogP contribution in [0.2, 0.25) is 0 Å². The molecule has 170 valence electrons. The van der Waals surface area contributed by atoms with Crippen molar-refractivity contribution in [2.75, 3.05) is 26.2 Å². The lowest BCUT2D eigenvalue weighted by Crippen LogP contribution is -2.57. The molecule has 2 aromatic carbocycles. The maximum atomic E-state index is 13.3. The smallest absolute Gasteiger partial charge is 0.261 e. The number of hydrogen-bond donors (Lipinski definition) is 1. The molecule has 0 aromatic heterocycles. The van der Waals surface area contributed by atoms with Crippen molar-refractivity contribution in [3.05, 3.63) is 65.5 Å².